The highest BCUT2D eigenvalue weighted by atomic mass is 19.1. The van der Waals surface area contributed by atoms with E-state index in [0.717, 1.165) is 5.56 Å². The molecule has 0 aliphatic heterocycles. The van der Waals surface area contributed by atoms with Crippen molar-refractivity contribution in [1.82, 2.24) is 5.32 Å². The number of halogens is 1. The summed E-state index contributed by atoms with van der Waals surface area (Å²) in [5.74, 6) is -0.146. The molecule has 1 fully saturated rings. The van der Waals surface area contributed by atoms with Gasteiger partial charge in [0.1, 0.15) is 5.82 Å². The third-order valence-electron chi connectivity index (χ3n) is 3.21. The molecule has 1 N–H and O–H groups in total. The highest BCUT2D eigenvalue weighted by Gasteiger charge is 2.44. The molecule has 1 saturated carbocycles. The molecule has 2 heteroatoms. The van der Waals surface area contributed by atoms with E-state index in [-0.39, 0.29) is 11.9 Å². The minimum absolute atomic E-state index is 0.146. The normalized spacial score (nSPS) is 20.5. The van der Waals surface area contributed by atoms with Gasteiger partial charge in [-0.1, -0.05) is 19.1 Å². The van der Waals surface area contributed by atoms with Crippen LogP contribution in [0.15, 0.2) is 24.3 Å². The number of hydrogen-bond acceptors (Lipinski definition) is 1. The van der Waals surface area contributed by atoms with Crippen LogP contribution in [0.25, 0.3) is 0 Å². The van der Waals surface area contributed by atoms with E-state index in [1.165, 1.54) is 18.9 Å². The summed E-state index contributed by atoms with van der Waals surface area (Å²) in [4.78, 5) is 0. The lowest BCUT2D eigenvalue weighted by atomic mass is 9.92. The van der Waals surface area contributed by atoms with Crippen LogP contribution >= 0.6 is 0 Å². The molecule has 1 unspecified atom stereocenters. The van der Waals surface area contributed by atoms with E-state index in [2.05, 4.69) is 12.2 Å². The molecule has 0 radical (unpaired) electrons. The molecule has 14 heavy (non-hydrogen) atoms. The van der Waals surface area contributed by atoms with Gasteiger partial charge in [-0.05, 0) is 43.0 Å². The summed E-state index contributed by atoms with van der Waals surface area (Å²) in [6.07, 6.45) is 2.46. The number of hydrogen-bond donors (Lipinski definition) is 1. The predicted molar refractivity (Wildman–Crippen MR) is 55.5 cm³/mol. The fourth-order valence-electron chi connectivity index (χ4n) is 2.09. The first-order valence-electron chi connectivity index (χ1n) is 5.08. The quantitative estimate of drug-likeness (QED) is 0.778. The molecule has 1 aromatic carbocycles. The Balaban J connectivity index is 2.27. The summed E-state index contributed by atoms with van der Waals surface area (Å²) in [7, 11) is 1.94. The molecule has 0 amide bonds. The topological polar surface area (TPSA) is 12.0 Å². The van der Waals surface area contributed by atoms with Crippen LogP contribution in [0.4, 0.5) is 4.39 Å². The van der Waals surface area contributed by atoms with Gasteiger partial charge >= 0.3 is 0 Å². The number of nitrogens with one attached hydrogen (secondary N) is 1. The first-order chi connectivity index (χ1) is 6.65. The molecular formula is C12H16FN. The van der Waals surface area contributed by atoms with E-state index in [1.54, 1.807) is 12.1 Å². The monoisotopic (exact) mass is 193 g/mol. The Morgan fingerprint density at radius 3 is 2.64 bits per heavy atom. The van der Waals surface area contributed by atoms with Crippen LogP contribution in [0.2, 0.25) is 0 Å². The highest BCUT2D eigenvalue weighted by molar-refractivity contribution is 5.24. The molecule has 1 nitrogen and oxygen atoms in total. The maximum absolute atomic E-state index is 13.0. The summed E-state index contributed by atoms with van der Waals surface area (Å²) < 4.78 is 13.0. The van der Waals surface area contributed by atoms with E-state index < -0.39 is 0 Å². The van der Waals surface area contributed by atoms with Gasteiger partial charge in [0.2, 0.25) is 0 Å². The van der Waals surface area contributed by atoms with Gasteiger partial charge in [-0.2, -0.15) is 0 Å². The van der Waals surface area contributed by atoms with Gasteiger partial charge in [-0.15, -0.1) is 0 Å². The average Bonchev–Trinajstić information content (AvgIpc) is 2.85. The number of rotatable bonds is 3. The summed E-state index contributed by atoms with van der Waals surface area (Å²) in [5, 5.41) is 3.28. The molecular weight excluding hydrogens is 177 g/mol. The smallest absolute Gasteiger partial charge is 0.123 e. The number of benzene rings is 1. The second-order valence-corrected chi connectivity index (χ2v) is 4.43. The standard InChI is InChI=1S/C12H16FN/c1-12(6-7-12)11(14-2)9-4-3-5-10(13)8-9/h3-5,8,11,14H,6-7H2,1-2H3. The highest BCUT2D eigenvalue weighted by Crippen LogP contribution is 2.54. The van der Waals surface area contributed by atoms with E-state index in [4.69, 9.17) is 0 Å². The first-order valence-corrected chi connectivity index (χ1v) is 5.08. The lowest BCUT2D eigenvalue weighted by Gasteiger charge is -2.23. The summed E-state index contributed by atoms with van der Waals surface area (Å²) in [6.45, 7) is 2.25. The second-order valence-electron chi connectivity index (χ2n) is 4.43. The molecule has 1 atom stereocenters. The van der Waals surface area contributed by atoms with Crippen LogP contribution in [0.3, 0.4) is 0 Å². The lowest BCUT2D eigenvalue weighted by molar-refractivity contribution is 0.389. The third kappa shape index (κ3) is 1.67. The zero-order valence-electron chi connectivity index (χ0n) is 8.68. The largest absolute Gasteiger partial charge is 0.313 e. The average molecular weight is 193 g/mol. The van der Waals surface area contributed by atoms with Gasteiger partial charge < -0.3 is 5.32 Å². The molecule has 0 saturated heterocycles. The van der Waals surface area contributed by atoms with Crippen molar-refractivity contribution < 1.29 is 4.39 Å². The summed E-state index contributed by atoms with van der Waals surface area (Å²) in [5.41, 5.74) is 1.40. The molecule has 1 aromatic rings. The van der Waals surface area contributed by atoms with Gasteiger partial charge in [0.25, 0.3) is 0 Å². The Morgan fingerprint density at radius 2 is 2.14 bits per heavy atom. The molecule has 0 aromatic heterocycles. The first kappa shape index (κ1) is 9.66. The van der Waals surface area contributed by atoms with E-state index in [0.29, 0.717) is 5.41 Å². The molecule has 2 rings (SSSR count). The van der Waals surface area contributed by atoms with Crippen molar-refractivity contribution in [2.45, 2.75) is 25.8 Å². The van der Waals surface area contributed by atoms with Crippen molar-refractivity contribution in [2.75, 3.05) is 7.05 Å². The van der Waals surface area contributed by atoms with Gasteiger partial charge in [0, 0.05) is 6.04 Å². The van der Waals surface area contributed by atoms with Crippen LogP contribution in [-0.2, 0) is 0 Å². The zero-order chi connectivity index (χ0) is 10.2. The maximum atomic E-state index is 13.0. The molecule has 0 heterocycles. The maximum Gasteiger partial charge on any atom is 0.123 e. The van der Waals surface area contributed by atoms with E-state index >= 15 is 0 Å². The van der Waals surface area contributed by atoms with Crippen LogP contribution in [0.5, 0.6) is 0 Å². The van der Waals surface area contributed by atoms with Gasteiger partial charge in [-0.3, -0.25) is 0 Å². The Labute approximate surface area is 84.3 Å². The van der Waals surface area contributed by atoms with Crippen molar-refractivity contribution in [3.63, 3.8) is 0 Å². The minimum Gasteiger partial charge on any atom is -0.313 e. The molecule has 0 bridgehead atoms. The fraction of sp³-hybridized carbons (Fsp3) is 0.500. The van der Waals surface area contributed by atoms with Gasteiger partial charge in [0.15, 0.2) is 0 Å². The van der Waals surface area contributed by atoms with Crippen LogP contribution in [0, 0.1) is 11.2 Å². The summed E-state index contributed by atoms with van der Waals surface area (Å²) >= 11 is 0. The zero-order valence-corrected chi connectivity index (χ0v) is 8.68. The van der Waals surface area contributed by atoms with Crippen molar-refractivity contribution in [2.24, 2.45) is 5.41 Å². The Bertz CT molecular complexity index is 331. The third-order valence-corrected chi connectivity index (χ3v) is 3.21. The van der Waals surface area contributed by atoms with Crippen molar-refractivity contribution in [3.05, 3.63) is 35.6 Å². The van der Waals surface area contributed by atoms with Crippen molar-refractivity contribution in [1.29, 1.82) is 0 Å². The second kappa shape index (κ2) is 3.35. The van der Waals surface area contributed by atoms with Crippen molar-refractivity contribution in [3.8, 4) is 0 Å². The fourth-order valence-corrected chi connectivity index (χ4v) is 2.09. The predicted octanol–water partition coefficient (Wildman–Crippen LogP) is 2.89. The Morgan fingerprint density at radius 1 is 1.43 bits per heavy atom. The Hall–Kier alpha value is -0.890. The molecule has 76 valence electrons. The lowest BCUT2D eigenvalue weighted by Crippen LogP contribution is -2.24. The Kier molecular flexibility index (Phi) is 2.31. The molecule has 0 spiro atoms. The summed E-state index contributed by atoms with van der Waals surface area (Å²) in [6, 6.07) is 7.18. The van der Waals surface area contributed by atoms with Gasteiger partial charge in [-0.25, -0.2) is 4.39 Å². The van der Waals surface area contributed by atoms with Crippen LogP contribution < -0.4 is 5.32 Å². The van der Waals surface area contributed by atoms with Crippen LogP contribution in [-0.4, -0.2) is 7.05 Å². The minimum atomic E-state index is -0.146. The van der Waals surface area contributed by atoms with Gasteiger partial charge in [0.05, 0.1) is 0 Å². The van der Waals surface area contributed by atoms with Crippen molar-refractivity contribution >= 4 is 0 Å². The van der Waals surface area contributed by atoms with E-state index in [9.17, 15) is 4.39 Å². The van der Waals surface area contributed by atoms with E-state index in [1.807, 2.05) is 13.1 Å². The van der Waals surface area contributed by atoms with Crippen LogP contribution in [0.1, 0.15) is 31.4 Å². The molecule has 1 aliphatic carbocycles. The molecule has 1 aliphatic rings. The SMILES string of the molecule is CNC(c1cccc(F)c1)C1(C)CC1.